The van der Waals surface area contributed by atoms with Gasteiger partial charge in [0.05, 0.1) is 11.5 Å². The van der Waals surface area contributed by atoms with Crippen molar-refractivity contribution >= 4 is 21.7 Å². The van der Waals surface area contributed by atoms with E-state index in [1.54, 1.807) is 18.5 Å². The van der Waals surface area contributed by atoms with Gasteiger partial charge in [-0.05, 0) is 12.5 Å². The van der Waals surface area contributed by atoms with Crippen LogP contribution in [0.15, 0.2) is 18.5 Å². The number of hydrogen-bond acceptors (Lipinski definition) is 7. The van der Waals surface area contributed by atoms with Crippen LogP contribution < -0.4 is 10.2 Å². The van der Waals surface area contributed by atoms with Gasteiger partial charge in [-0.15, -0.1) is 0 Å². The fourth-order valence-electron chi connectivity index (χ4n) is 3.09. The molecule has 1 amide bonds. The number of rotatable bonds is 5. The third-order valence-electron chi connectivity index (χ3n) is 4.46. The molecule has 0 bridgehead atoms. The SMILES string of the molecule is O=C(CCN1CCN(c2ncccn2)CC1)NC1CCS(=O)(=O)C1. The summed E-state index contributed by atoms with van der Waals surface area (Å²) in [5.41, 5.74) is 0. The molecule has 1 N–H and O–H groups in total. The molecule has 3 heterocycles. The molecule has 0 aliphatic carbocycles. The lowest BCUT2D eigenvalue weighted by Crippen LogP contribution is -2.48. The van der Waals surface area contributed by atoms with Crippen molar-refractivity contribution in [2.45, 2.75) is 18.9 Å². The number of amides is 1. The molecule has 0 spiro atoms. The third-order valence-corrected chi connectivity index (χ3v) is 6.23. The second-order valence-electron chi connectivity index (χ2n) is 6.29. The Hall–Kier alpha value is -1.74. The highest BCUT2D eigenvalue weighted by Crippen LogP contribution is 2.12. The number of hydrogen-bond donors (Lipinski definition) is 1. The van der Waals surface area contributed by atoms with E-state index in [9.17, 15) is 13.2 Å². The number of carbonyl (C=O) groups is 1. The summed E-state index contributed by atoms with van der Waals surface area (Å²) in [6, 6.07) is 1.59. The van der Waals surface area contributed by atoms with E-state index in [0.29, 0.717) is 19.4 Å². The van der Waals surface area contributed by atoms with Crippen molar-refractivity contribution < 1.29 is 13.2 Å². The van der Waals surface area contributed by atoms with Crippen LogP contribution in [0.2, 0.25) is 0 Å². The van der Waals surface area contributed by atoms with Gasteiger partial charge in [0.2, 0.25) is 11.9 Å². The first kappa shape index (κ1) is 17.1. The first-order valence-corrected chi connectivity index (χ1v) is 10.1. The van der Waals surface area contributed by atoms with Gasteiger partial charge in [0.1, 0.15) is 0 Å². The summed E-state index contributed by atoms with van der Waals surface area (Å²) in [4.78, 5) is 24.9. The normalized spacial score (nSPS) is 24.0. The fourth-order valence-corrected chi connectivity index (χ4v) is 4.77. The smallest absolute Gasteiger partial charge is 0.225 e. The van der Waals surface area contributed by atoms with Crippen molar-refractivity contribution in [3.63, 3.8) is 0 Å². The van der Waals surface area contributed by atoms with E-state index in [0.717, 1.165) is 32.1 Å². The van der Waals surface area contributed by atoms with E-state index in [-0.39, 0.29) is 23.5 Å². The monoisotopic (exact) mass is 353 g/mol. The molecular formula is C15H23N5O3S. The lowest BCUT2D eigenvalue weighted by molar-refractivity contribution is -0.122. The highest BCUT2D eigenvalue weighted by molar-refractivity contribution is 7.91. The molecule has 1 aromatic heterocycles. The summed E-state index contributed by atoms with van der Waals surface area (Å²) in [7, 11) is -2.95. The molecule has 8 nitrogen and oxygen atoms in total. The van der Waals surface area contributed by atoms with E-state index in [4.69, 9.17) is 0 Å². The molecule has 2 fully saturated rings. The molecule has 1 unspecified atom stereocenters. The van der Waals surface area contributed by atoms with Crippen LogP contribution >= 0.6 is 0 Å². The second kappa shape index (κ2) is 7.43. The maximum atomic E-state index is 12.0. The van der Waals surface area contributed by atoms with Gasteiger partial charge in [0, 0.05) is 57.6 Å². The molecule has 2 saturated heterocycles. The van der Waals surface area contributed by atoms with Crippen LogP contribution in [-0.2, 0) is 14.6 Å². The minimum atomic E-state index is -2.95. The van der Waals surface area contributed by atoms with Crippen molar-refractivity contribution in [2.24, 2.45) is 0 Å². The van der Waals surface area contributed by atoms with E-state index in [1.807, 2.05) is 0 Å². The van der Waals surface area contributed by atoms with Crippen LogP contribution in [0.4, 0.5) is 5.95 Å². The molecule has 1 aromatic rings. The van der Waals surface area contributed by atoms with Crippen LogP contribution in [0.1, 0.15) is 12.8 Å². The van der Waals surface area contributed by atoms with E-state index >= 15 is 0 Å². The van der Waals surface area contributed by atoms with Crippen LogP contribution in [0, 0.1) is 0 Å². The Balaban J connectivity index is 1.37. The number of piperazine rings is 1. The maximum Gasteiger partial charge on any atom is 0.225 e. The van der Waals surface area contributed by atoms with Crippen molar-refractivity contribution in [3.8, 4) is 0 Å². The molecule has 24 heavy (non-hydrogen) atoms. The number of anilines is 1. The Morgan fingerprint density at radius 2 is 1.92 bits per heavy atom. The number of sulfone groups is 1. The lowest BCUT2D eigenvalue weighted by atomic mass is 10.2. The number of nitrogens with zero attached hydrogens (tertiary/aromatic N) is 4. The fraction of sp³-hybridized carbons (Fsp3) is 0.667. The van der Waals surface area contributed by atoms with E-state index in [1.165, 1.54) is 0 Å². The largest absolute Gasteiger partial charge is 0.352 e. The predicted octanol–water partition coefficient (Wildman–Crippen LogP) is -0.708. The Labute approximate surface area is 142 Å². The van der Waals surface area contributed by atoms with E-state index < -0.39 is 9.84 Å². The molecule has 132 valence electrons. The zero-order valence-electron chi connectivity index (χ0n) is 13.6. The van der Waals surface area contributed by atoms with Gasteiger partial charge in [-0.1, -0.05) is 0 Å². The molecule has 0 saturated carbocycles. The molecule has 3 rings (SSSR count). The third kappa shape index (κ3) is 4.64. The van der Waals surface area contributed by atoms with Gasteiger partial charge in [0.15, 0.2) is 9.84 Å². The zero-order valence-corrected chi connectivity index (χ0v) is 14.4. The van der Waals surface area contributed by atoms with Gasteiger partial charge in [0.25, 0.3) is 0 Å². The Kier molecular flexibility index (Phi) is 5.30. The average Bonchev–Trinajstić information content (AvgIpc) is 2.93. The van der Waals surface area contributed by atoms with Gasteiger partial charge in [-0.25, -0.2) is 18.4 Å². The standard InChI is InChI=1S/C15H23N5O3S/c21-14(18-13-3-11-24(22,23)12-13)2-6-19-7-9-20(10-8-19)15-16-4-1-5-17-15/h1,4-5,13H,2-3,6-12H2,(H,18,21). The molecule has 2 aliphatic rings. The Morgan fingerprint density at radius 1 is 1.21 bits per heavy atom. The van der Waals surface area contributed by atoms with Crippen LogP contribution in [0.5, 0.6) is 0 Å². The molecule has 2 aliphatic heterocycles. The topological polar surface area (TPSA) is 95.5 Å². The minimum absolute atomic E-state index is 0.0640. The van der Waals surface area contributed by atoms with E-state index in [2.05, 4.69) is 25.1 Å². The highest BCUT2D eigenvalue weighted by atomic mass is 32.2. The van der Waals surface area contributed by atoms with Crippen molar-refractivity contribution in [2.75, 3.05) is 49.1 Å². The van der Waals surface area contributed by atoms with Crippen LogP contribution in [-0.4, -0.2) is 79.5 Å². The second-order valence-corrected chi connectivity index (χ2v) is 8.52. The van der Waals surface area contributed by atoms with Crippen molar-refractivity contribution in [1.82, 2.24) is 20.2 Å². The summed E-state index contributed by atoms with van der Waals surface area (Å²) in [5, 5.41) is 2.83. The number of carbonyl (C=O) groups excluding carboxylic acids is 1. The molecule has 1 atom stereocenters. The summed E-state index contributed by atoms with van der Waals surface area (Å²) in [6.45, 7) is 4.10. The lowest BCUT2D eigenvalue weighted by Gasteiger charge is -2.34. The molecule has 9 heteroatoms. The summed E-state index contributed by atoms with van der Waals surface area (Å²) in [5.74, 6) is 0.943. The zero-order chi connectivity index (χ0) is 17.0. The molecular weight excluding hydrogens is 330 g/mol. The highest BCUT2D eigenvalue weighted by Gasteiger charge is 2.29. The van der Waals surface area contributed by atoms with Crippen LogP contribution in [0.3, 0.4) is 0 Å². The summed E-state index contributed by atoms with van der Waals surface area (Å²) < 4.78 is 22.8. The summed E-state index contributed by atoms with van der Waals surface area (Å²) >= 11 is 0. The van der Waals surface area contributed by atoms with Gasteiger partial charge >= 0.3 is 0 Å². The number of aromatic nitrogens is 2. The Bertz CT molecular complexity index is 659. The van der Waals surface area contributed by atoms with Crippen molar-refractivity contribution in [1.29, 1.82) is 0 Å². The van der Waals surface area contributed by atoms with Crippen molar-refractivity contribution in [3.05, 3.63) is 18.5 Å². The summed E-state index contributed by atoms with van der Waals surface area (Å²) in [6.07, 6.45) is 4.41. The number of nitrogens with one attached hydrogen (secondary N) is 1. The average molecular weight is 353 g/mol. The molecule has 0 aromatic carbocycles. The van der Waals surface area contributed by atoms with Crippen LogP contribution in [0.25, 0.3) is 0 Å². The minimum Gasteiger partial charge on any atom is -0.352 e. The van der Waals surface area contributed by atoms with Gasteiger partial charge in [-0.2, -0.15) is 0 Å². The van der Waals surface area contributed by atoms with Gasteiger partial charge < -0.3 is 10.2 Å². The molecule has 0 radical (unpaired) electrons. The van der Waals surface area contributed by atoms with Gasteiger partial charge in [-0.3, -0.25) is 9.69 Å². The first-order valence-electron chi connectivity index (χ1n) is 8.26. The maximum absolute atomic E-state index is 12.0. The first-order chi connectivity index (χ1) is 11.5. The Morgan fingerprint density at radius 3 is 2.54 bits per heavy atom. The predicted molar refractivity (Wildman–Crippen MR) is 90.5 cm³/mol. The quantitative estimate of drug-likeness (QED) is 0.747.